The predicted octanol–water partition coefficient (Wildman–Crippen LogP) is 5.30. The summed E-state index contributed by atoms with van der Waals surface area (Å²) >= 11 is 1.14. The Morgan fingerprint density at radius 3 is 2.13 bits per heavy atom. The van der Waals surface area contributed by atoms with E-state index in [1.165, 1.54) is 70.3 Å². The van der Waals surface area contributed by atoms with Crippen LogP contribution >= 0.6 is 11.9 Å². The summed E-state index contributed by atoms with van der Waals surface area (Å²) in [5.74, 6) is -0.845. The molecular formula is C22H35N3O4S. The minimum absolute atomic E-state index is 0.0447. The van der Waals surface area contributed by atoms with Gasteiger partial charge in [0.1, 0.15) is 4.90 Å². The Bertz CT molecular complexity index is 631. The molecule has 168 valence electrons. The Balaban J connectivity index is 0.000000220. The van der Waals surface area contributed by atoms with E-state index in [0.29, 0.717) is 17.9 Å². The minimum atomic E-state index is -0.845. The van der Waals surface area contributed by atoms with Gasteiger partial charge in [0, 0.05) is 31.1 Å². The fourth-order valence-electron chi connectivity index (χ4n) is 4.01. The summed E-state index contributed by atoms with van der Waals surface area (Å²) < 4.78 is 2.90. The second-order valence-electron chi connectivity index (χ2n) is 8.06. The van der Waals surface area contributed by atoms with Gasteiger partial charge in [-0.25, -0.2) is 0 Å². The lowest BCUT2D eigenvalue weighted by Gasteiger charge is -2.30. The van der Waals surface area contributed by atoms with Crippen molar-refractivity contribution in [2.75, 3.05) is 6.54 Å². The van der Waals surface area contributed by atoms with E-state index in [1.807, 2.05) is 0 Å². The van der Waals surface area contributed by atoms with E-state index in [9.17, 15) is 14.9 Å². The number of hydrogen-bond donors (Lipinski definition) is 3. The van der Waals surface area contributed by atoms with Crippen molar-refractivity contribution in [3.05, 3.63) is 34.4 Å². The zero-order valence-electron chi connectivity index (χ0n) is 17.7. The number of aliphatic carboxylic acids is 1. The Morgan fingerprint density at radius 1 is 1.03 bits per heavy atom. The molecule has 2 saturated carbocycles. The smallest absolute Gasteiger partial charge is 0.303 e. The van der Waals surface area contributed by atoms with Crippen molar-refractivity contribution in [3.8, 4) is 0 Å². The third kappa shape index (κ3) is 9.91. The standard InChI is InChI=1S/C12H23N.C10H12N2O4S/c1-3-7-11(8-4-1)13-12-9-5-2-6-10-12;13-10(14)6-3-7-11-17-9-5-2-1-4-8(9)12(15)16/h11-13H,1-10H2;1-2,4-5,11H,3,6-7H2,(H,13,14). The van der Waals surface area contributed by atoms with E-state index in [1.54, 1.807) is 18.2 Å². The third-order valence-electron chi connectivity index (χ3n) is 5.60. The molecule has 0 aromatic heterocycles. The number of hydrogen-bond acceptors (Lipinski definition) is 6. The number of carbonyl (C=O) groups is 1. The fourth-order valence-corrected chi connectivity index (χ4v) is 4.80. The zero-order chi connectivity index (χ0) is 21.6. The molecule has 0 amide bonds. The molecule has 0 unspecified atom stereocenters. The number of nitrogens with zero attached hydrogens (tertiary/aromatic N) is 1. The number of benzene rings is 1. The average Bonchev–Trinajstić information content (AvgIpc) is 2.75. The molecule has 1 aromatic carbocycles. The van der Waals surface area contributed by atoms with Crippen LogP contribution in [0.15, 0.2) is 29.2 Å². The third-order valence-corrected chi connectivity index (χ3v) is 6.51. The van der Waals surface area contributed by atoms with Gasteiger partial charge in [0.25, 0.3) is 5.69 Å². The van der Waals surface area contributed by atoms with E-state index < -0.39 is 10.9 Å². The van der Waals surface area contributed by atoms with Gasteiger partial charge in [0.2, 0.25) is 0 Å². The molecule has 1 aromatic rings. The van der Waals surface area contributed by atoms with Crippen molar-refractivity contribution < 1.29 is 14.8 Å². The maximum absolute atomic E-state index is 10.7. The van der Waals surface area contributed by atoms with Crippen LogP contribution in [0.4, 0.5) is 5.69 Å². The Kier molecular flexibility index (Phi) is 11.8. The van der Waals surface area contributed by atoms with Gasteiger partial charge in [0.15, 0.2) is 0 Å². The minimum Gasteiger partial charge on any atom is -0.481 e. The highest BCUT2D eigenvalue weighted by molar-refractivity contribution is 7.97. The molecule has 0 atom stereocenters. The number of nitro benzene ring substituents is 1. The van der Waals surface area contributed by atoms with Crippen molar-refractivity contribution in [1.29, 1.82) is 0 Å². The molecule has 8 heteroatoms. The zero-order valence-corrected chi connectivity index (χ0v) is 18.5. The van der Waals surface area contributed by atoms with Crippen LogP contribution < -0.4 is 10.0 Å². The van der Waals surface area contributed by atoms with E-state index in [4.69, 9.17) is 5.11 Å². The maximum atomic E-state index is 10.7. The topological polar surface area (TPSA) is 104 Å². The van der Waals surface area contributed by atoms with Crippen molar-refractivity contribution in [2.45, 2.75) is 94.0 Å². The highest BCUT2D eigenvalue weighted by Gasteiger charge is 2.19. The predicted molar refractivity (Wildman–Crippen MR) is 121 cm³/mol. The van der Waals surface area contributed by atoms with E-state index >= 15 is 0 Å². The van der Waals surface area contributed by atoms with Crippen LogP contribution in [0.3, 0.4) is 0 Å². The van der Waals surface area contributed by atoms with Crippen molar-refractivity contribution in [2.24, 2.45) is 0 Å². The van der Waals surface area contributed by atoms with E-state index in [-0.39, 0.29) is 12.1 Å². The van der Waals surface area contributed by atoms with Crippen LogP contribution in [0.1, 0.15) is 77.0 Å². The summed E-state index contributed by atoms with van der Waals surface area (Å²) in [4.78, 5) is 21.0. The highest BCUT2D eigenvalue weighted by Crippen LogP contribution is 2.26. The average molecular weight is 438 g/mol. The molecule has 3 N–H and O–H groups in total. The number of rotatable bonds is 9. The number of carboxylic acids is 1. The first-order valence-corrected chi connectivity index (χ1v) is 12.0. The van der Waals surface area contributed by atoms with Crippen molar-refractivity contribution in [1.82, 2.24) is 10.0 Å². The summed E-state index contributed by atoms with van der Waals surface area (Å²) in [6.45, 7) is 0.489. The molecule has 2 fully saturated rings. The van der Waals surface area contributed by atoms with Crippen LogP contribution in [0.25, 0.3) is 0 Å². The van der Waals surface area contributed by atoms with Gasteiger partial charge in [-0.1, -0.05) is 50.7 Å². The van der Waals surface area contributed by atoms with Crippen molar-refractivity contribution >= 4 is 23.6 Å². The van der Waals surface area contributed by atoms with Gasteiger partial charge in [0.05, 0.1) is 4.92 Å². The molecule has 0 aliphatic heterocycles. The first-order valence-electron chi connectivity index (χ1n) is 11.2. The van der Waals surface area contributed by atoms with Gasteiger partial charge in [-0.2, -0.15) is 0 Å². The molecular weight excluding hydrogens is 402 g/mol. The maximum Gasteiger partial charge on any atom is 0.303 e. The lowest BCUT2D eigenvalue weighted by molar-refractivity contribution is -0.387. The summed E-state index contributed by atoms with van der Waals surface area (Å²) in [6.07, 6.45) is 15.1. The summed E-state index contributed by atoms with van der Waals surface area (Å²) in [5.41, 5.74) is 0.0447. The van der Waals surface area contributed by atoms with Gasteiger partial charge in [-0.3, -0.25) is 19.6 Å². The number of carboxylic acid groups (broad SMARTS) is 1. The first kappa shape index (κ1) is 24.6. The lowest BCUT2D eigenvalue weighted by atomic mass is 9.91. The summed E-state index contributed by atoms with van der Waals surface area (Å²) in [7, 11) is 0. The molecule has 30 heavy (non-hydrogen) atoms. The summed E-state index contributed by atoms with van der Waals surface area (Å²) in [6, 6.07) is 8.14. The Labute approximate surface area is 183 Å². The quantitative estimate of drug-likeness (QED) is 0.208. The van der Waals surface area contributed by atoms with E-state index in [2.05, 4.69) is 10.0 Å². The van der Waals surface area contributed by atoms with Gasteiger partial charge in [-0.05, 0) is 50.1 Å². The van der Waals surface area contributed by atoms with Crippen LogP contribution in [-0.2, 0) is 4.79 Å². The molecule has 0 bridgehead atoms. The van der Waals surface area contributed by atoms with Crippen LogP contribution in [0.5, 0.6) is 0 Å². The Hall–Kier alpha value is -1.64. The van der Waals surface area contributed by atoms with Gasteiger partial charge >= 0.3 is 5.97 Å². The van der Waals surface area contributed by atoms with Gasteiger partial charge < -0.3 is 10.4 Å². The van der Waals surface area contributed by atoms with Crippen LogP contribution in [0.2, 0.25) is 0 Å². The fraction of sp³-hybridized carbons (Fsp3) is 0.682. The molecule has 2 aliphatic rings. The number of nitro groups is 1. The SMILES string of the molecule is C1CCC(NC2CCCCC2)CC1.O=C(O)CCCNSc1ccccc1[N+](=O)[O-]. The number of nitrogens with one attached hydrogen (secondary N) is 2. The van der Waals surface area contributed by atoms with Crippen LogP contribution in [-0.4, -0.2) is 34.6 Å². The first-order chi connectivity index (χ1) is 14.6. The molecule has 3 rings (SSSR count). The van der Waals surface area contributed by atoms with E-state index in [0.717, 1.165) is 24.0 Å². The molecule has 2 aliphatic carbocycles. The van der Waals surface area contributed by atoms with Crippen LogP contribution in [0, 0.1) is 10.1 Å². The van der Waals surface area contributed by atoms with Gasteiger partial charge in [-0.15, -0.1) is 0 Å². The molecule has 0 spiro atoms. The largest absolute Gasteiger partial charge is 0.481 e. The molecule has 0 heterocycles. The molecule has 0 radical (unpaired) electrons. The lowest BCUT2D eigenvalue weighted by Crippen LogP contribution is -2.40. The van der Waals surface area contributed by atoms with Crippen molar-refractivity contribution in [3.63, 3.8) is 0 Å². The second kappa shape index (κ2) is 14.4. The number of para-hydroxylation sites is 1. The second-order valence-corrected chi connectivity index (χ2v) is 8.99. The Morgan fingerprint density at radius 2 is 1.60 bits per heavy atom. The molecule has 7 nitrogen and oxygen atoms in total. The molecule has 0 saturated heterocycles. The summed E-state index contributed by atoms with van der Waals surface area (Å²) in [5, 5.41) is 23.0. The normalized spacial score (nSPS) is 17.7. The monoisotopic (exact) mass is 437 g/mol. The highest BCUT2D eigenvalue weighted by atomic mass is 32.2.